The molecule has 4 rings (SSSR count). The molecule has 0 fully saturated rings. The molecule has 3 aromatic heterocycles. The van der Waals surface area contributed by atoms with Crippen molar-refractivity contribution >= 4 is 5.52 Å². The molecule has 3 heterocycles. The van der Waals surface area contributed by atoms with E-state index in [1.54, 1.807) is 6.26 Å². The number of aromatic nitrogens is 3. The van der Waals surface area contributed by atoms with Gasteiger partial charge in [-0.1, -0.05) is 30.3 Å². The van der Waals surface area contributed by atoms with Crippen molar-refractivity contribution in [2.24, 2.45) is 0 Å². The van der Waals surface area contributed by atoms with Crippen LogP contribution in [0.1, 0.15) is 11.6 Å². The van der Waals surface area contributed by atoms with E-state index in [-0.39, 0.29) is 0 Å². The van der Waals surface area contributed by atoms with E-state index in [9.17, 15) is 0 Å². The highest BCUT2D eigenvalue weighted by Crippen LogP contribution is 2.24. The molecule has 0 aliphatic carbocycles. The number of furan rings is 1. The van der Waals surface area contributed by atoms with Crippen LogP contribution in [0.15, 0.2) is 71.9 Å². The maximum absolute atomic E-state index is 5.39. The Hall–Kier alpha value is -2.88. The summed E-state index contributed by atoms with van der Waals surface area (Å²) in [6.07, 6.45) is 9.00. The third kappa shape index (κ3) is 2.29. The first-order valence-electron chi connectivity index (χ1n) is 7.29. The van der Waals surface area contributed by atoms with E-state index in [4.69, 9.17) is 4.42 Å². The Morgan fingerprint density at radius 2 is 1.86 bits per heavy atom. The SMILES string of the molecule is c1ccc(-c2cnc(CCc3ccco3)n3cncc23)cc1. The second kappa shape index (κ2) is 5.48. The lowest BCUT2D eigenvalue weighted by Crippen LogP contribution is -2.03. The van der Waals surface area contributed by atoms with E-state index >= 15 is 0 Å². The summed E-state index contributed by atoms with van der Waals surface area (Å²) in [4.78, 5) is 8.93. The van der Waals surface area contributed by atoms with Crippen LogP contribution in [-0.2, 0) is 12.8 Å². The fourth-order valence-electron chi connectivity index (χ4n) is 2.68. The zero-order chi connectivity index (χ0) is 14.8. The number of aryl methyl sites for hydroxylation is 2. The highest BCUT2D eigenvalue weighted by atomic mass is 16.3. The molecule has 0 atom stereocenters. The van der Waals surface area contributed by atoms with Gasteiger partial charge in [0, 0.05) is 24.6 Å². The van der Waals surface area contributed by atoms with Crippen molar-refractivity contribution in [1.82, 2.24) is 14.4 Å². The lowest BCUT2D eigenvalue weighted by molar-refractivity contribution is 0.506. The summed E-state index contributed by atoms with van der Waals surface area (Å²) in [5.41, 5.74) is 3.33. The zero-order valence-corrected chi connectivity index (χ0v) is 12.0. The van der Waals surface area contributed by atoms with Gasteiger partial charge in [0.25, 0.3) is 0 Å². The van der Waals surface area contributed by atoms with Gasteiger partial charge < -0.3 is 4.42 Å². The Kier molecular flexibility index (Phi) is 3.20. The molecule has 0 aliphatic rings. The van der Waals surface area contributed by atoms with E-state index < -0.39 is 0 Å². The molecule has 4 aromatic rings. The molecular formula is C18H15N3O. The minimum Gasteiger partial charge on any atom is -0.469 e. The normalized spacial score (nSPS) is 11.1. The molecule has 0 amide bonds. The van der Waals surface area contributed by atoms with E-state index in [1.165, 1.54) is 0 Å². The molecule has 0 N–H and O–H groups in total. The maximum Gasteiger partial charge on any atom is 0.114 e. The Labute approximate surface area is 128 Å². The number of benzene rings is 1. The lowest BCUT2D eigenvalue weighted by Gasteiger charge is -2.08. The summed E-state index contributed by atoms with van der Waals surface area (Å²) < 4.78 is 7.45. The van der Waals surface area contributed by atoms with Crippen LogP contribution in [0.2, 0.25) is 0 Å². The minimum atomic E-state index is 0.815. The average molecular weight is 289 g/mol. The van der Waals surface area contributed by atoms with Gasteiger partial charge in [-0.15, -0.1) is 0 Å². The molecule has 1 aromatic carbocycles. The van der Waals surface area contributed by atoms with Gasteiger partial charge in [-0.25, -0.2) is 9.97 Å². The van der Waals surface area contributed by atoms with E-state index in [0.717, 1.165) is 41.1 Å². The molecule has 0 unspecified atom stereocenters. The number of nitrogens with zero attached hydrogens (tertiary/aromatic N) is 3. The van der Waals surface area contributed by atoms with Crippen LogP contribution >= 0.6 is 0 Å². The zero-order valence-electron chi connectivity index (χ0n) is 12.0. The van der Waals surface area contributed by atoms with Gasteiger partial charge in [0.15, 0.2) is 0 Å². The van der Waals surface area contributed by atoms with Crippen LogP contribution < -0.4 is 0 Å². The highest BCUT2D eigenvalue weighted by molar-refractivity contribution is 5.79. The Morgan fingerprint density at radius 1 is 0.955 bits per heavy atom. The van der Waals surface area contributed by atoms with Crippen molar-refractivity contribution in [2.45, 2.75) is 12.8 Å². The average Bonchev–Trinajstić information content (AvgIpc) is 3.25. The minimum absolute atomic E-state index is 0.815. The molecule has 108 valence electrons. The molecule has 0 bridgehead atoms. The van der Waals surface area contributed by atoms with Crippen LogP contribution in [0.25, 0.3) is 16.6 Å². The summed E-state index contributed by atoms with van der Waals surface area (Å²) in [6, 6.07) is 14.2. The molecule has 0 aliphatic heterocycles. The topological polar surface area (TPSA) is 43.3 Å². The van der Waals surface area contributed by atoms with Crippen LogP contribution in [-0.4, -0.2) is 14.4 Å². The Morgan fingerprint density at radius 3 is 2.68 bits per heavy atom. The Bertz CT molecular complexity index is 879. The van der Waals surface area contributed by atoms with Gasteiger partial charge in [0.05, 0.1) is 18.0 Å². The van der Waals surface area contributed by atoms with Crippen molar-refractivity contribution in [3.8, 4) is 11.1 Å². The maximum atomic E-state index is 5.39. The fourth-order valence-corrected chi connectivity index (χ4v) is 2.68. The molecule has 4 heteroatoms. The van der Waals surface area contributed by atoms with Gasteiger partial charge in [-0.3, -0.25) is 4.40 Å². The van der Waals surface area contributed by atoms with Crippen molar-refractivity contribution in [3.05, 3.63) is 79.0 Å². The molecular weight excluding hydrogens is 274 g/mol. The van der Waals surface area contributed by atoms with Gasteiger partial charge in [-0.2, -0.15) is 0 Å². The number of fused-ring (bicyclic) bond motifs is 1. The first-order valence-corrected chi connectivity index (χ1v) is 7.29. The molecule has 0 radical (unpaired) electrons. The standard InChI is InChI=1S/C18H15N3O/c1-2-5-14(6-3-1)16-11-20-18(21-13-19-12-17(16)21)9-8-15-7-4-10-22-15/h1-7,10-13H,8-9H2. The van der Waals surface area contributed by atoms with E-state index in [1.807, 2.05) is 49.1 Å². The summed E-state index contributed by atoms with van der Waals surface area (Å²) in [6.45, 7) is 0. The highest BCUT2D eigenvalue weighted by Gasteiger charge is 2.10. The van der Waals surface area contributed by atoms with Crippen molar-refractivity contribution in [3.63, 3.8) is 0 Å². The molecule has 0 saturated carbocycles. The smallest absolute Gasteiger partial charge is 0.114 e. The van der Waals surface area contributed by atoms with Crippen molar-refractivity contribution in [2.75, 3.05) is 0 Å². The Balaban J connectivity index is 1.72. The van der Waals surface area contributed by atoms with Crippen LogP contribution in [0.3, 0.4) is 0 Å². The van der Waals surface area contributed by atoms with Gasteiger partial charge in [0.1, 0.15) is 17.9 Å². The summed E-state index contributed by atoms with van der Waals surface area (Å²) in [7, 11) is 0. The van der Waals surface area contributed by atoms with Crippen LogP contribution in [0.4, 0.5) is 0 Å². The first-order chi connectivity index (χ1) is 10.9. The summed E-state index contributed by atoms with van der Waals surface area (Å²) in [5.74, 6) is 1.96. The summed E-state index contributed by atoms with van der Waals surface area (Å²) >= 11 is 0. The van der Waals surface area contributed by atoms with Crippen molar-refractivity contribution < 1.29 is 4.42 Å². The predicted octanol–water partition coefficient (Wildman–Crippen LogP) is 3.77. The number of imidazole rings is 1. The van der Waals surface area contributed by atoms with Crippen molar-refractivity contribution in [1.29, 1.82) is 0 Å². The first kappa shape index (κ1) is 12.8. The predicted molar refractivity (Wildman–Crippen MR) is 84.5 cm³/mol. The molecule has 22 heavy (non-hydrogen) atoms. The van der Waals surface area contributed by atoms with Gasteiger partial charge in [0.2, 0.25) is 0 Å². The summed E-state index contributed by atoms with van der Waals surface area (Å²) in [5, 5.41) is 0. The van der Waals surface area contributed by atoms with E-state index in [0.29, 0.717) is 0 Å². The van der Waals surface area contributed by atoms with Crippen LogP contribution in [0, 0.1) is 0 Å². The third-order valence-electron chi connectivity index (χ3n) is 3.80. The van der Waals surface area contributed by atoms with Gasteiger partial charge in [-0.05, 0) is 17.7 Å². The second-order valence-electron chi connectivity index (χ2n) is 5.18. The molecule has 0 spiro atoms. The largest absolute Gasteiger partial charge is 0.469 e. The number of rotatable bonds is 4. The van der Waals surface area contributed by atoms with Gasteiger partial charge >= 0.3 is 0 Å². The number of hydrogen-bond donors (Lipinski definition) is 0. The second-order valence-corrected chi connectivity index (χ2v) is 5.18. The number of hydrogen-bond acceptors (Lipinski definition) is 3. The third-order valence-corrected chi connectivity index (χ3v) is 3.80. The monoisotopic (exact) mass is 289 g/mol. The quantitative estimate of drug-likeness (QED) is 0.574. The lowest BCUT2D eigenvalue weighted by atomic mass is 10.1. The molecule has 0 saturated heterocycles. The molecule has 4 nitrogen and oxygen atoms in total. The fraction of sp³-hybridized carbons (Fsp3) is 0.111. The van der Waals surface area contributed by atoms with Crippen LogP contribution in [0.5, 0.6) is 0 Å². The van der Waals surface area contributed by atoms with E-state index in [2.05, 4.69) is 26.5 Å².